The number of aromatic nitrogens is 3. The lowest BCUT2D eigenvalue weighted by molar-refractivity contribution is -0.120. The normalized spacial score (nSPS) is 9.84. The molecule has 0 unspecified atom stereocenters. The van der Waals surface area contributed by atoms with Crippen LogP contribution < -0.4 is 26.6 Å². The van der Waals surface area contributed by atoms with Crippen LogP contribution in [0.1, 0.15) is 19.8 Å². The van der Waals surface area contributed by atoms with Crippen LogP contribution in [0.3, 0.4) is 0 Å². The molecule has 0 saturated heterocycles. The number of nitrogens with two attached hydrogens (primary N) is 1. The Morgan fingerprint density at radius 2 is 2.05 bits per heavy atom. The standard InChI is InChI=1S/C10H19N7O2/c1-3-6-19-10-15-8(14-9(16-10)17-11)13-5-4-7(18)12-2/h3-6,11H2,1-2H3,(H,12,18)(H2,13,14,15,16,17). The number of hydrogen-bond donors (Lipinski definition) is 4. The summed E-state index contributed by atoms with van der Waals surface area (Å²) in [6.07, 6.45) is 1.16. The van der Waals surface area contributed by atoms with E-state index < -0.39 is 0 Å². The van der Waals surface area contributed by atoms with E-state index in [-0.39, 0.29) is 17.9 Å². The van der Waals surface area contributed by atoms with Gasteiger partial charge in [-0.3, -0.25) is 10.2 Å². The number of hydrazine groups is 1. The average molecular weight is 269 g/mol. The second-order valence-corrected chi connectivity index (χ2v) is 3.61. The molecule has 1 aromatic heterocycles. The van der Waals surface area contributed by atoms with E-state index in [9.17, 15) is 4.79 Å². The van der Waals surface area contributed by atoms with Crippen molar-refractivity contribution in [3.8, 4) is 6.01 Å². The zero-order valence-corrected chi connectivity index (χ0v) is 11.1. The van der Waals surface area contributed by atoms with Crippen molar-refractivity contribution < 1.29 is 9.53 Å². The molecule has 0 aromatic carbocycles. The predicted octanol–water partition coefficient (Wildman–Crippen LogP) is -0.506. The lowest BCUT2D eigenvalue weighted by atomic mass is 10.4. The van der Waals surface area contributed by atoms with Gasteiger partial charge < -0.3 is 15.4 Å². The van der Waals surface area contributed by atoms with Gasteiger partial charge in [0.25, 0.3) is 0 Å². The molecule has 0 bridgehead atoms. The van der Waals surface area contributed by atoms with Gasteiger partial charge in [0.15, 0.2) is 0 Å². The number of hydrogen-bond acceptors (Lipinski definition) is 8. The predicted molar refractivity (Wildman–Crippen MR) is 70.6 cm³/mol. The Balaban J connectivity index is 2.62. The van der Waals surface area contributed by atoms with Crippen LogP contribution in [-0.2, 0) is 4.79 Å². The molecule has 0 aliphatic carbocycles. The molecule has 1 aromatic rings. The zero-order valence-electron chi connectivity index (χ0n) is 11.1. The molecule has 0 fully saturated rings. The van der Waals surface area contributed by atoms with Crippen LogP contribution in [0, 0.1) is 0 Å². The molecule has 0 saturated carbocycles. The van der Waals surface area contributed by atoms with E-state index in [1.807, 2.05) is 6.92 Å². The molecule has 5 N–H and O–H groups in total. The summed E-state index contributed by atoms with van der Waals surface area (Å²) < 4.78 is 5.31. The minimum absolute atomic E-state index is 0.0683. The maximum Gasteiger partial charge on any atom is 0.323 e. The van der Waals surface area contributed by atoms with E-state index >= 15 is 0 Å². The first-order valence-electron chi connectivity index (χ1n) is 5.99. The number of nitrogens with one attached hydrogen (secondary N) is 3. The average Bonchev–Trinajstić information content (AvgIpc) is 2.44. The highest BCUT2D eigenvalue weighted by Gasteiger charge is 2.07. The molecule has 9 nitrogen and oxygen atoms in total. The fraction of sp³-hybridized carbons (Fsp3) is 0.600. The van der Waals surface area contributed by atoms with Crippen molar-refractivity contribution in [2.24, 2.45) is 5.84 Å². The van der Waals surface area contributed by atoms with Gasteiger partial charge in [0, 0.05) is 20.0 Å². The Labute approximate surface area is 111 Å². The third-order valence-electron chi connectivity index (χ3n) is 2.09. The Kier molecular flexibility index (Phi) is 6.30. The van der Waals surface area contributed by atoms with Gasteiger partial charge in [0.05, 0.1) is 6.61 Å². The molecule has 0 aliphatic heterocycles. The van der Waals surface area contributed by atoms with Crippen LogP contribution in [0.2, 0.25) is 0 Å². The van der Waals surface area contributed by atoms with Crippen molar-refractivity contribution in [3.63, 3.8) is 0 Å². The van der Waals surface area contributed by atoms with Crippen LogP contribution in [-0.4, -0.2) is 41.1 Å². The maximum absolute atomic E-state index is 11.1. The second-order valence-electron chi connectivity index (χ2n) is 3.61. The van der Waals surface area contributed by atoms with Gasteiger partial charge in [-0.15, -0.1) is 0 Å². The number of anilines is 2. The zero-order chi connectivity index (χ0) is 14.1. The summed E-state index contributed by atoms with van der Waals surface area (Å²) in [4.78, 5) is 23.1. The fourth-order valence-electron chi connectivity index (χ4n) is 1.17. The number of rotatable bonds is 8. The number of carbonyl (C=O) groups excluding carboxylic acids is 1. The van der Waals surface area contributed by atoms with Crippen molar-refractivity contribution in [2.45, 2.75) is 19.8 Å². The molecule has 9 heteroatoms. The van der Waals surface area contributed by atoms with E-state index in [0.717, 1.165) is 6.42 Å². The number of nitrogens with zero attached hydrogens (tertiary/aromatic N) is 3. The van der Waals surface area contributed by atoms with E-state index in [1.54, 1.807) is 7.05 Å². The smallest absolute Gasteiger partial charge is 0.323 e. The van der Waals surface area contributed by atoms with Crippen molar-refractivity contribution >= 4 is 17.8 Å². The monoisotopic (exact) mass is 269 g/mol. The van der Waals surface area contributed by atoms with Crippen molar-refractivity contribution in [1.29, 1.82) is 0 Å². The summed E-state index contributed by atoms with van der Waals surface area (Å²) >= 11 is 0. The van der Waals surface area contributed by atoms with Crippen LogP contribution in [0.4, 0.5) is 11.9 Å². The lowest BCUT2D eigenvalue weighted by Crippen LogP contribution is -2.21. The number of ether oxygens (including phenoxy) is 1. The summed E-state index contributed by atoms with van der Waals surface area (Å²) in [5.41, 5.74) is 2.33. The molecule has 1 heterocycles. The number of carbonyl (C=O) groups is 1. The highest BCUT2D eigenvalue weighted by Crippen LogP contribution is 2.10. The highest BCUT2D eigenvalue weighted by molar-refractivity contribution is 5.75. The van der Waals surface area contributed by atoms with Gasteiger partial charge in [-0.2, -0.15) is 15.0 Å². The molecule has 1 amide bonds. The minimum atomic E-state index is -0.0683. The summed E-state index contributed by atoms with van der Waals surface area (Å²) in [5.74, 6) is 5.70. The first kappa shape index (κ1) is 14.9. The fourth-order valence-corrected chi connectivity index (χ4v) is 1.17. The number of nitrogen functional groups attached to an aromatic ring is 1. The van der Waals surface area contributed by atoms with Gasteiger partial charge >= 0.3 is 6.01 Å². The SMILES string of the molecule is CCCOc1nc(NN)nc(NCCC(=O)NC)n1. The summed E-state index contributed by atoms with van der Waals surface area (Å²) in [6, 6.07) is 0.187. The van der Waals surface area contributed by atoms with Gasteiger partial charge in [-0.1, -0.05) is 6.92 Å². The van der Waals surface area contributed by atoms with E-state index in [2.05, 4.69) is 31.0 Å². The molecule has 0 radical (unpaired) electrons. The quantitative estimate of drug-likeness (QED) is 0.367. The summed E-state index contributed by atoms with van der Waals surface area (Å²) in [7, 11) is 1.58. The molecular weight excluding hydrogens is 250 g/mol. The number of amides is 1. The topological polar surface area (TPSA) is 127 Å². The third kappa shape index (κ3) is 5.34. The Morgan fingerprint density at radius 1 is 1.32 bits per heavy atom. The van der Waals surface area contributed by atoms with Crippen molar-refractivity contribution in [3.05, 3.63) is 0 Å². The molecular formula is C10H19N7O2. The van der Waals surface area contributed by atoms with Crippen LogP contribution in [0.5, 0.6) is 6.01 Å². The van der Waals surface area contributed by atoms with E-state index in [4.69, 9.17) is 10.6 Å². The van der Waals surface area contributed by atoms with E-state index in [1.165, 1.54) is 0 Å². The van der Waals surface area contributed by atoms with Crippen molar-refractivity contribution in [2.75, 3.05) is 30.9 Å². The van der Waals surface area contributed by atoms with Crippen LogP contribution in [0.15, 0.2) is 0 Å². The highest BCUT2D eigenvalue weighted by atomic mass is 16.5. The molecule has 0 aliphatic rings. The molecule has 106 valence electrons. The lowest BCUT2D eigenvalue weighted by Gasteiger charge is -2.08. The Morgan fingerprint density at radius 3 is 2.68 bits per heavy atom. The van der Waals surface area contributed by atoms with Crippen LogP contribution in [0.25, 0.3) is 0 Å². The van der Waals surface area contributed by atoms with Gasteiger partial charge in [0.2, 0.25) is 17.8 Å². The van der Waals surface area contributed by atoms with Gasteiger partial charge in [-0.05, 0) is 6.42 Å². The first-order chi connectivity index (χ1) is 9.19. The maximum atomic E-state index is 11.1. The Bertz CT molecular complexity index is 413. The third-order valence-corrected chi connectivity index (χ3v) is 2.09. The second kappa shape index (κ2) is 8.03. The Hall–Kier alpha value is -2.16. The van der Waals surface area contributed by atoms with E-state index in [0.29, 0.717) is 25.5 Å². The van der Waals surface area contributed by atoms with Crippen LogP contribution >= 0.6 is 0 Å². The molecule has 0 spiro atoms. The summed E-state index contributed by atoms with van der Waals surface area (Å²) in [6.45, 7) is 2.89. The first-order valence-corrected chi connectivity index (χ1v) is 5.99. The largest absolute Gasteiger partial charge is 0.463 e. The minimum Gasteiger partial charge on any atom is -0.463 e. The van der Waals surface area contributed by atoms with Crippen molar-refractivity contribution in [1.82, 2.24) is 20.3 Å². The van der Waals surface area contributed by atoms with Gasteiger partial charge in [-0.25, -0.2) is 5.84 Å². The summed E-state index contributed by atoms with van der Waals surface area (Å²) in [5, 5.41) is 5.43. The van der Waals surface area contributed by atoms with Gasteiger partial charge in [0.1, 0.15) is 0 Å². The molecule has 0 atom stereocenters. The molecule has 1 rings (SSSR count). The molecule has 19 heavy (non-hydrogen) atoms.